The molecule has 0 aromatic heterocycles. The Labute approximate surface area is 194 Å². The average Bonchev–Trinajstić information content (AvgIpc) is 2.71. The van der Waals surface area contributed by atoms with Crippen LogP contribution in [0.3, 0.4) is 0 Å². The number of carboxylic acid groups (broad SMARTS) is 1. The zero-order valence-corrected chi connectivity index (χ0v) is 19.9. The molecule has 0 aromatic rings. The Balaban J connectivity index is 5.40. The molecular weight excluding hydrogens is 432 g/mol. The van der Waals surface area contributed by atoms with E-state index in [0.717, 1.165) is 0 Å². The minimum atomic E-state index is -1.19. The first-order chi connectivity index (χ1) is 15.3. The van der Waals surface area contributed by atoms with Gasteiger partial charge in [0.1, 0.15) is 18.1 Å². The Morgan fingerprint density at radius 1 is 0.788 bits per heavy atom. The molecule has 12 heteroatoms. The lowest BCUT2D eigenvalue weighted by Crippen LogP contribution is -2.59. The monoisotopic (exact) mass is 472 g/mol. The Morgan fingerprint density at radius 2 is 1.33 bits per heavy atom. The predicted molar refractivity (Wildman–Crippen MR) is 122 cm³/mol. The standard InChI is InChI=1S/C21H40N6O6/c1-11(2)16(20(31)27-17(12(3)4)21(32)33)26-19(30)14(8-9-15(24)28)25-18(29)13(23)7-5-6-10-22/h11-14,16-17H,5-10,22-23H2,1-4H3,(H2,24,28)(H,25,29)(H,26,30)(H,27,31)(H,32,33). The number of nitrogens with two attached hydrogens (primary N) is 3. The van der Waals surface area contributed by atoms with Crippen LogP contribution in [0.1, 0.15) is 59.8 Å². The number of primary amides is 1. The van der Waals surface area contributed by atoms with Crippen LogP contribution in [0.2, 0.25) is 0 Å². The summed E-state index contributed by atoms with van der Waals surface area (Å²) in [7, 11) is 0. The minimum Gasteiger partial charge on any atom is -0.480 e. The van der Waals surface area contributed by atoms with Crippen molar-refractivity contribution in [2.75, 3.05) is 6.54 Å². The molecular formula is C21H40N6O6. The topological polar surface area (TPSA) is 220 Å². The van der Waals surface area contributed by atoms with Gasteiger partial charge in [0.2, 0.25) is 23.6 Å². The maximum absolute atomic E-state index is 12.9. The molecule has 0 saturated heterocycles. The van der Waals surface area contributed by atoms with Crippen LogP contribution in [0.15, 0.2) is 0 Å². The van der Waals surface area contributed by atoms with E-state index in [2.05, 4.69) is 16.0 Å². The molecule has 0 rings (SSSR count). The van der Waals surface area contributed by atoms with Gasteiger partial charge in [0, 0.05) is 6.42 Å². The van der Waals surface area contributed by atoms with Crippen molar-refractivity contribution < 1.29 is 29.1 Å². The molecule has 0 heterocycles. The summed E-state index contributed by atoms with van der Waals surface area (Å²) < 4.78 is 0. The van der Waals surface area contributed by atoms with Gasteiger partial charge in [-0.3, -0.25) is 19.2 Å². The first-order valence-electron chi connectivity index (χ1n) is 11.2. The highest BCUT2D eigenvalue weighted by atomic mass is 16.4. The molecule has 0 spiro atoms. The number of carbonyl (C=O) groups is 5. The number of hydrogen-bond acceptors (Lipinski definition) is 7. The Bertz CT molecular complexity index is 684. The van der Waals surface area contributed by atoms with Crippen molar-refractivity contribution >= 4 is 29.6 Å². The van der Waals surface area contributed by atoms with E-state index in [4.69, 9.17) is 17.2 Å². The van der Waals surface area contributed by atoms with E-state index in [1.165, 1.54) is 0 Å². The quantitative estimate of drug-likeness (QED) is 0.131. The summed E-state index contributed by atoms with van der Waals surface area (Å²) >= 11 is 0. The van der Waals surface area contributed by atoms with Crippen LogP contribution in [0, 0.1) is 11.8 Å². The van der Waals surface area contributed by atoms with Crippen LogP contribution < -0.4 is 33.2 Å². The minimum absolute atomic E-state index is 0.0847. The molecule has 0 aromatic carbocycles. The van der Waals surface area contributed by atoms with Crippen molar-refractivity contribution in [3.63, 3.8) is 0 Å². The Hall–Kier alpha value is -2.73. The van der Waals surface area contributed by atoms with Crippen molar-refractivity contribution in [2.45, 2.75) is 84.0 Å². The van der Waals surface area contributed by atoms with Gasteiger partial charge in [-0.15, -0.1) is 0 Å². The van der Waals surface area contributed by atoms with E-state index in [0.29, 0.717) is 25.8 Å². The summed E-state index contributed by atoms with van der Waals surface area (Å²) in [5.74, 6) is -4.56. The molecule has 33 heavy (non-hydrogen) atoms. The lowest BCUT2D eigenvalue weighted by molar-refractivity contribution is -0.143. The largest absolute Gasteiger partial charge is 0.480 e. The second-order valence-electron chi connectivity index (χ2n) is 8.76. The smallest absolute Gasteiger partial charge is 0.326 e. The van der Waals surface area contributed by atoms with Crippen LogP contribution in [-0.4, -0.2) is 65.4 Å². The van der Waals surface area contributed by atoms with Gasteiger partial charge >= 0.3 is 5.97 Å². The SMILES string of the molecule is CC(C)C(NC(=O)C(NC(=O)C(CCC(N)=O)NC(=O)C(N)CCCCN)C(C)C)C(=O)O. The molecule has 0 radical (unpaired) electrons. The van der Waals surface area contributed by atoms with E-state index in [1.807, 2.05) is 0 Å². The number of amides is 4. The van der Waals surface area contributed by atoms with Crippen LogP contribution >= 0.6 is 0 Å². The van der Waals surface area contributed by atoms with Crippen molar-refractivity contribution in [2.24, 2.45) is 29.0 Å². The van der Waals surface area contributed by atoms with Gasteiger partial charge < -0.3 is 38.3 Å². The van der Waals surface area contributed by atoms with Crippen LogP contribution in [-0.2, 0) is 24.0 Å². The molecule has 190 valence electrons. The van der Waals surface area contributed by atoms with Crippen LogP contribution in [0.4, 0.5) is 0 Å². The zero-order chi connectivity index (χ0) is 25.7. The highest BCUT2D eigenvalue weighted by Gasteiger charge is 2.32. The van der Waals surface area contributed by atoms with Crippen molar-refractivity contribution in [1.82, 2.24) is 16.0 Å². The zero-order valence-electron chi connectivity index (χ0n) is 19.9. The molecule has 0 fully saturated rings. The maximum atomic E-state index is 12.9. The molecule has 0 aliphatic heterocycles. The highest BCUT2D eigenvalue weighted by molar-refractivity contribution is 5.94. The first kappa shape index (κ1) is 30.3. The second kappa shape index (κ2) is 15.2. The Kier molecular flexibility index (Phi) is 13.9. The van der Waals surface area contributed by atoms with Crippen molar-refractivity contribution in [3.8, 4) is 0 Å². The number of carboxylic acids is 1. The van der Waals surface area contributed by atoms with E-state index < -0.39 is 53.8 Å². The third kappa shape index (κ3) is 11.6. The lowest BCUT2D eigenvalue weighted by atomic mass is 9.99. The number of rotatable bonds is 16. The molecule has 0 aliphatic carbocycles. The van der Waals surface area contributed by atoms with Crippen molar-refractivity contribution in [3.05, 3.63) is 0 Å². The lowest BCUT2D eigenvalue weighted by Gasteiger charge is -2.27. The number of nitrogens with one attached hydrogen (secondary N) is 3. The van der Waals surface area contributed by atoms with Crippen molar-refractivity contribution in [1.29, 1.82) is 0 Å². The van der Waals surface area contributed by atoms with Gasteiger partial charge in [0.25, 0.3) is 0 Å². The molecule has 4 atom stereocenters. The number of unbranched alkanes of at least 4 members (excludes halogenated alkanes) is 1. The van der Waals surface area contributed by atoms with Gasteiger partial charge in [0.15, 0.2) is 0 Å². The van der Waals surface area contributed by atoms with Gasteiger partial charge in [-0.1, -0.05) is 34.1 Å². The summed E-state index contributed by atoms with van der Waals surface area (Å²) in [6, 6.07) is -4.22. The summed E-state index contributed by atoms with van der Waals surface area (Å²) in [6.45, 7) is 7.12. The predicted octanol–water partition coefficient (Wildman–Crippen LogP) is -1.44. The molecule has 10 N–H and O–H groups in total. The normalized spacial score (nSPS) is 14.8. The average molecular weight is 473 g/mol. The summed E-state index contributed by atoms with van der Waals surface area (Å²) in [4.78, 5) is 60.7. The van der Waals surface area contributed by atoms with E-state index >= 15 is 0 Å². The molecule has 0 aliphatic rings. The number of hydrogen-bond donors (Lipinski definition) is 7. The summed E-state index contributed by atoms with van der Waals surface area (Å²) in [6.07, 6.45) is 1.45. The number of carbonyl (C=O) groups excluding carboxylic acids is 4. The second-order valence-corrected chi connectivity index (χ2v) is 8.76. The third-order valence-electron chi connectivity index (χ3n) is 5.10. The van der Waals surface area contributed by atoms with Gasteiger partial charge in [0.05, 0.1) is 6.04 Å². The molecule has 4 amide bonds. The van der Waals surface area contributed by atoms with Gasteiger partial charge in [-0.2, -0.15) is 0 Å². The molecule has 0 bridgehead atoms. The molecule has 4 unspecified atom stereocenters. The maximum Gasteiger partial charge on any atom is 0.326 e. The van der Waals surface area contributed by atoms with E-state index in [9.17, 15) is 29.1 Å². The fraction of sp³-hybridized carbons (Fsp3) is 0.762. The summed E-state index contributed by atoms with van der Waals surface area (Å²) in [5, 5.41) is 16.8. The summed E-state index contributed by atoms with van der Waals surface area (Å²) in [5.41, 5.74) is 16.5. The fourth-order valence-corrected chi connectivity index (χ4v) is 3.02. The van der Waals surface area contributed by atoms with E-state index in [-0.39, 0.29) is 24.7 Å². The fourth-order valence-electron chi connectivity index (χ4n) is 3.02. The molecule has 12 nitrogen and oxygen atoms in total. The molecule has 0 saturated carbocycles. The Morgan fingerprint density at radius 3 is 1.79 bits per heavy atom. The number of aliphatic carboxylic acids is 1. The van der Waals surface area contributed by atoms with E-state index in [1.54, 1.807) is 27.7 Å². The van der Waals surface area contributed by atoms with Crippen LogP contribution in [0.25, 0.3) is 0 Å². The van der Waals surface area contributed by atoms with Crippen LogP contribution in [0.5, 0.6) is 0 Å². The first-order valence-corrected chi connectivity index (χ1v) is 11.2. The highest BCUT2D eigenvalue weighted by Crippen LogP contribution is 2.08. The third-order valence-corrected chi connectivity index (χ3v) is 5.10. The van der Waals surface area contributed by atoms with Gasteiger partial charge in [-0.25, -0.2) is 4.79 Å². The van der Waals surface area contributed by atoms with Gasteiger partial charge in [-0.05, 0) is 37.6 Å².